The van der Waals surface area contributed by atoms with Crippen LogP contribution in [-0.2, 0) is 11.3 Å². The average Bonchev–Trinajstić information content (AvgIpc) is 2.19. The number of amides is 1. The van der Waals surface area contributed by atoms with Gasteiger partial charge >= 0.3 is 0 Å². The summed E-state index contributed by atoms with van der Waals surface area (Å²) >= 11 is 5.74. The smallest absolute Gasteiger partial charge is 0.219 e. The van der Waals surface area contributed by atoms with Crippen molar-refractivity contribution in [2.75, 3.05) is 5.73 Å². The first-order valence-corrected chi connectivity index (χ1v) is 4.68. The average molecular weight is 214 g/mol. The summed E-state index contributed by atoms with van der Waals surface area (Å²) in [5.41, 5.74) is 6.33. The number of hydrogen-bond donors (Lipinski definition) is 2. The van der Waals surface area contributed by atoms with Crippen molar-refractivity contribution in [3.8, 4) is 0 Å². The molecule has 0 radical (unpaired) electrons. The van der Waals surface area contributed by atoms with E-state index < -0.39 is 0 Å². The van der Waals surface area contributed by atoms with Gasteiger partial charge in [-0.05, 0) is 6.07 Å². The summed E-state index contributed by atoms with van der Waals surface area (Å²) in [7, 11) is 0. The summed E-state index contributed by atoms with van der Waals surface area (Å²) in [6.45, 7) is 2.15. The highest BCUT2D eigenvalue weighted by atomic mass is 35.5. The molecule has 5 heteroatoms. The van der Waals surface area contributed by atoms with Gasteiger partial charge in [0.1, 0.15) is 5.82 Å². The predicted octanol–water partition coefficient (Wildman–Crippen LogP) is 1.34. The molecule has 0 atom stereocenters. The largest absolute Gasteiger partial charge is 0.383 e. The van der Waals surface area contributed by atoms with Crippen LogP contribution in [0.3, 0.4) is 0 Å². The standard InChI is InChI=1S/C9H12ClN3O/c1-2-8(14)12-4-6-3-7(10)5-13-9(6)11/h3,5H,2,4H2,1H3,(H2,11,13)(H,12,14). The molecule has 0 unspecified atom stereocenters. The first-order valence-electron chi connectivity index (χ1n) is 4.30. The van der Waals surface area contributed by atoms with Crippen molar-refractivity contribution in [1.82, 2.24) is 10.3 Å². The Balaban J connectivity index is 2.66. The Morgan fingerprint density at radius 3 is 3.07 bits per heavy atom. The predicted molar refractivity (Wildman–Crippen MR) is 55.8 cm³/mol. The summed E-state index contributed by atoms with van der Waals surface area (Å²) < 4.78 is 0. The molecular formula is C9H12ClN3O. The van der Waals surface area contributed by atoms with Crippen molar-refractivity contribution in [1.29, 1.82) is 0 Å². The van der Waals surface area contributed by atoms with Crippen LogP contribution < -0.4 is 11.1 Å². The molecule has 1 aromatic rings. The Labute approximate surface area is 87.5 Å². The summed E-state index contributed by atoms with van der Waals surface area (Å²) in [6, 6.07) is 1.69. The zero-order valence-electron chi connectivity index (χ0n) is 7.88. The van der Waals surface area contributed by atoms with Crippen LogP contribution in [0.1, 0.15) is 18.9 Å². The summed E-state index contributed by atoms with van der Waals surface area (Å²) in [4.78, 5) is 14.9. The zero-order valence-corrected chi connectivity index (χ0v) is 8.64. The molecule has 1 aromatic heterocycles. The van der Waals surface area contributed by atoms with Crippen molar-refractivity contribution in [3.63, 3.8) is 0 Å². The lowest BCUT2D eigenvalue weighted by Crippen LogP contribution is -2.22. The van der Waals surface area contributed by atoms with E-state index in [0.29, 0.717) is 23.8 Å². The second-order valence-electron chi connectivity index (χ2n) is 2.83. The van der Waals surface area contributed by atoms with Gasteiger partial charge in [0, 0.05) is 24.7 Å². The van der Waals surface area contributed by atoms with Crippen LogP contribution in [0, 0.1) is 0 Å². The van der Waals surface area contributed by atoms with Crippen molar-refractivity contribution >= 4 is 23.3 Å². The molecule has 0 spiro atoms. The second-order valence-corrected chi connectivity index (χ2v) is 3.26. The molecule has 0 saturated carbocycles. The molecule has 0 aliphatic carbocycles. The number of nitrogens with one attached hydrogen (secondary N) is 1. The third-order valence-electron chi connectivity index (χ3n) is 1.77. The lowest BCUT2D eigenvalue weighted by atomic mass is 10.2. The molecule has 4 nitrogen and oxygen atoms in total. The van der Waals surface area contributed by atoms with E-state index in [1.54, 1.807) is 13.0 Å². The number of hydrogen-bond acceptors (Lipinski definition) is 3. The Bertz CT molecular complexity index is 341. The molecule has 1 heterocycles. The fourth-order valence-corrected chi connectivity index (χ4v) is 1.13. The minimum Gasteiger partial charge on any atom is -0.383 e. The summed E-state index contributed by atoms with van der Waals surface area (Å²) in [5, 5.41) is 3.21. The minimum absolute atomic E-state index is 0.0237. The van der Waals surface area contributed by atoms with E-state index >= 15 is 0 Å². The molecular weight excluding hydrogens is 202 g/mol. The number of nitrogen functional groups attached to an aromatic ring is 1. The Morgan fingerprint density at radius 1 is 1.71 bits per heavy atom. The molecule has 14 heavy (non-hydrogen) atoms. The van der Waals surface area contributed by atoms with Gasteiger partial charge in [-0.2, -0.15) is 0 Å². The minimum atomic E-state index is -0.0237. The molecule has 1 amide bonds. The van der Waals surface area contributed by atoms with Crippen molar-refractivity contribution < 1.29 is 4.79 Å². The fraction of sp³-hybridized carbons (Fsp3) is 0.333. The van der Waals surface area contributed by atoms with Crippen LogP contribution in [-0.4, -0.2) is 10.9 Å². The van der Waals surface area contributed by atoms with Crippen LogP contribution >= 0.6 is 11.6 Å². The van der Waals surface area contributed by atoms with E-state index in [4.69, 9.17) is 17.3 Å². The van der Waals surface area contributed by atoms with Gasteiger partial charge in [-0.3, -0.25) is 4.79 Å². The number of rotatable bonds is 3. The zero-order chi connectivity index (χ0) is 10.6. The van der Waals surface area contributed by atoms with E-state index in [0.717, 1.165) is 5.56 Å². The maximum absolute atomic E-state index is 11.0. The number of carbonyl (C=O) groups excluding carboxylic acids is 1. The Kier molecular flexibility index (Phi) is 3.71. The molecule has 0 fully saturated rings. The van der Waals surface area contributed by atoms with E-state index in [1.165, 1.54) is 6.20 Å². The van der Waals surface area contributed by atoms with Gasteiger partial charge in [0.15, 0.2) is 0 Å². The molecule has 0 bridgehead atoms. The molecule has 1 rings (SSSR count). The number of carbonyl (C=O) groups is 1. The van der Waals surface area contributed by atoms with Gasteiger partial charge in [0.2, 0.25) is 5.91 Å². The number of pyridine rings is 1. The normalized spacial score (nSPS) is 9.86. The molecule has 0 aliphatic rings. The van der Waals surface area contributed by atoms with E-state index in [2.05, 4.69) is 10.3 Å². The van der Waals surface area contributed by atoms with Crippen molar-refractivity contribution in [2.45, 2.75) is 19.9 Å². The second kappa shape index (κ2) is 4.81. The van der Waals surface area contributed by atoms with Crippen LogP contribution in [0.4, 0.5) is 5.82 Å². The fourth-order valence-electron chi connectivity index (χ4n) is 0.952. The highest BCUT2D eigenvalue weighted by Crippen LogP contribution is 2.14. The first-order chi connectivity index (χ1) is 6.63. The van der Waals surface area contributed by atoms with Crippen LogP contribution in [0.15, 0.2) is 12.3 Å². The number of halogens is 1. The number of nitrogens with two attached hydrogens (primary N) is 1. The molecule has 76 valence electrons. The number of anilines is 1. The van der Waals surface area contributed by atoms with E-state index in [9.17, 15) is 4.79 Å². The molecule has 0 saturated heterocycles. The van der Waals surface area contributed by atoms with Gasteiger partial charge in [-0.25, -0.2) is 4.98 Å². The van der Waals surface area contributed by atoms with E-state index in [1.807, 2.05) is 0 Å². The van der Waals surface area contributed by atoms with Crippen LogP contribution in [0.5, 0.6) is 0 Å². The number of nitrogens with zero attached hydrogens (tertiary/aromatic N) is 1. The monoisotopic (exact) mass is 213 g/mol. The summed E-state index contributed by atoms with van der Waals surface area (Å²) in [6.07, 6.45) is 1.93. The maximum Gasteiger partial charge on any atom is 0.219 e. The topological polar surface area (TPSA) is 68.0 Å². The van der Waals surface area contributed by atoms with Crippen molar-refractivity contribution in [3.05, 3.63) is 22.8 Å². The van der Waals surface area contributed by atoms with Crippen LogP contribution in [0.25, 0.3) is 0 Å². The lowest BCUT2D eigenvalue weighted by molar-refractivity contribution is -0.120. The van der Waals surface area contributed by atoms with Crippen LogP contribution in [0.2, 0.25) is 5.02 Å². The quantitative estimate of drug-likeness (QED) is 0.796. The summed E-state index contributed by atoms with van der Waals surface area (Å²) in [5.74, 6) is 0.371. The van der Waals surface area contributed by atoms with Gasteiger partial charge in [-0.15, -0.1) is 0 Å². The highest BCUT2D eigenvalue weighted by Gasteiger charge is 2.03. The maximum atomic E-state index is 11.0. The van der Waals surface area contributed by atoms with E-state index in [-0.39, 0.29) is 5.91 Å². The van der Waals surface area contributed by atoms with Gasteiger partial charge in [0.25, 0.3) is 0 Å². The third kappa shape index (κ3) is 2.88. The highest BCUT2D eigenvalue weighted by molar-refractivity contribution is 6.30. The Hall–Kier alpha value is -1.29. The third-order valence-corrected chi connectivity index (χ3v) is 1.97. The molecule has 0 aliphatic heterocycles. The van der Waals surface area contributed by atoms with Crippen molar-refractivity contribution in [2.24, 2.45) is 0 Å². The Morgan fingerprint density at radius 2 is 2.43 bits per heavy atom. The van der Waals surface area contributed by atoms with Gasteiger partial charge in [-0.1, -0.05) is 18.5 Å². The molecule has 0 aromatic carbocycles. The van der Waals surface area contributed by atoms with Gasteiger partial charge in [0.05, 0.1) is 5.02 Å². The number of aromatic nitrogens is 1. The SMILES string of the molecule is CCC(=O)NCc1cc(Cl)cnc1N. The first kappa shape index (κ1) is 10.8. The van der Waals surface area contributed by atoms with Gasteiger partial charge < -0.3 is 11.1 Å². The molecule has 3 N–H and O–H groups in total. The lowest BCUT2D eigenvalue weighted by Gasteiger charge is -2.06.